The van der Waals surface area contributed by atoms with Crippen molar-refractivity contribution >= 4 is 23.0 Å². The van der Waals surface area contributed by atoms with Gasteiger partial charge in [0.05, 0.1) is 5.52 Å². The molecule has 0 radical (unpaired) electrons. The number of nitrogens with zero attached hydrogens (tertiary/aromatic N) is 2. The van der Waals surface area contributed by atoms with Gasteiger partial charge in [-0.25, -0.2) is 9.78 Å². The molecule has 0 fully saturated rings. The molecule has 0 saturated carbocycles. The number of H-pyrrole nitrogens is 1. The van der Waals surface area contributed by atoms with Crippen LogP contribution in [0.3, 0.4) is 0 Å². The van der Waals surface area contributed by atoms with E-state index in [0.29, 0.717) is 28.1 Å². The Kier molecular flexibility index (Phi) is 2.53. The quantitative estimate of drug-likeness (QED) is 0.576. The van der Waals surface area contributed by atoms with Gasteiger partial charge in [0.15, 0.2) is 11.9 Å². The molecule has 0 amide bonds. The zero-order chi connectivity index (χ0) is 15.3. The first-order valence-electron chi connectivity index (χ1n) is 6.74. The molecule has 0 spiro atoms. The minimum Gasteiger partial charge on any atom is -0.408 e. The predicted octanol–water partition coefficient (Wildman–Crippen LogP) is 2.56. The number of rotatable bonds is 2. The molecule has 3 heterocycles. The molecule has 0 aliphatic heterocycles. The minimum atomic E-state index is -0.506. The summed E-state index contributed by atoms with van der Waals surface area (Å²) in [5, 5.41) is 0. The van der Waals surface area contributed by atoms with Crippen LogP contribution >= 0.6 is 0 Å². The molecular formula is C16H11N3O3. The van der Waals surface area contributed by atoms with Crippen molar-refractivity contribution < 1.29 is 9.21 Å². The first kappa shape index (κ1) is 12.6. The average molecular weight is 293 g/mol. The van der Waals surface area contributed by atoms with Crippen LogP contribution < -0.4 is 5.76 Å². The lowest BCUT2D eigenvalue weighted by atomic mass is 10.1. The Hall–Kier alpha value is -3.15. The molecule has 0 bridgehead atoms. The number of aromatic nitrogens is 3. The summed E-state index contributed by atoms with van der Waals surface area (Å²) in [7, 11) is 0. The molecule has 0 unspecified atom stereocenters. The third-order valence-corrected chi connectivity index (χ3v) is 3.68. The van der Waals surface area contributed by atoms with Crippen LogP contribution in [0.4, 0.5) is 0 Å². The van der Waals surface area contributed by atoms with E-state index in [1.54, 1.807) is 22.6 Å². The monoisotopic (exact) mass is 293 g/mol. The number of fused-ring (bicyclic) bond motifs is 2. The number of benzene rings is 1. The van der Waals surface area contributed by atoms with Gasteiger partial charge < -0.3 is 4.42 Å². The van der Waals surface area contributed by atoms with E-state index in [1.807, 2.05) is 25.1 Å². The van der Waals surface area contributed by atoms with Gasteiger partial charge in [-0.3, -0.25) is 14.2 Å². The van der Waals surface area contributed by atoms with Crippen LogP contribution in [-0.2, 0) is 0 Å². The number of aromatic amines is 1. The summed E-state index contributed by atoms with van der Waals surface area (Å²) in [6.07, 6.45) is 0.791. The Morgan fingerprint density at radius 2 is 2.14 bits per heavy atom. The molecule has 6 nitrogen and oxygen atoms in total. The van der Waals surface area contributed by atoms with Gasteiger partial charge in [0.25, 0.3) is 0 Å². The van der Waals surface area contributed by atoms with Crippen molar-refractivity contribution in [3.05, 3.63) is 58.3 Å². The van der Waals surface area contributed by atoms with Crippen molar-refractivity contribution in [1.82, 2.24) is 14.4 Å². The molecule has 0 aliphatic carbocycles. The zero-order valence-corrected chi connectivity index (χ0v) is 11.7. The van der Waals surface area contributed by atoms with Crippen LogP contribution in [0.2, 0.25) is 0 Å². The summed E-state index contributed by atoms with van der Waals surface area (Å²) in [6, 6.07) is 10.9. The Bertz CT molecular complexity index is 1090. The van der Waals surface area contributed by atoms with E-state index in [0.717, 1.165) is 17.5 Å². The number of carbonyl (C=O) groups excluding carboxylic acids is 1. The highest BCUT2D eigenvalue weighted by atomic mass is 16.4. The molecule has 4 rings (SSSR count). The maximum absolute atomic E-state index is 11.6. The van der Waals surface area contributed by atoms with Crippen LogP contribution in [-0.4, -0.2) is 20.7 Å². The number of hydrogen-bond donors (Lipinski definition) is 1. The SMILES string of the molecule is Cc1cccc2nc(-c3ccc4[nH]c(=O)oc4c3)c(C=O)n12. The predicted molar refractivity (Wildman–Crippen MR) is 81.1 cm³/mol. The molecule has 0 saturated heterocycles. The van der Waals surface area contributed by atoms with Gasteiger partial charge in [-0.1, -0.05) is 12.1 Å². The molecular weight excluding hydrogens is 282 g/mol. The van der Waals surface area contributed by atoms with Gasteiger partial charge in [0.2, 0.25) is 0 Å². The first-order chi connectivity index (χ1) is 10.7. The Morgan fingerprint density at radius 3 is 2.95 bits per heavy atom. The Balaban J connectivity index is 2.04. The van der Waals surface area contributed by atoms with Crippen molar-refractivity contribution in [1.29, 1.82) is 0 Å². The number of carbonyl (C=O) groups is 1. The van der Waals surface area contributed by atoms with E-state index in [1.165, 1.54) is 0 Å². The smallest absolute Gasteiger partial charge is 0.408 e. The van der Waals surface area contributed by atoms with Gasteiger partial charge in [0.1, 0.15) is 17.0 Å². The summed E-state index contributed by atoms with van der Waals surface area (Å²) in [4.78, 5) is 29.9. The fourth-order valence-corrected chi connectivity index (χ4v) is 2.70. The number of nitrogens with one attached hydrogen (secondary N) is 1. The van der Waals surface area contributed by atoms with E-state index in [-0.39, 0.29) is 0 Å². The van der Waals surface area contributed by atoms with Gasteiger partial charge in [0, 0.05) is 11.3 Å². The van der Waals surface area contributed by atoms with E-state index in [2.05, 4.69) is 9.97 Å². The molecule has 3 aromatic heterocycles. The summed E-state index contributed by atoms with van der Waals surface area (Å²) in [6.45, 7) is 1.92. The van der Waals surface area contributed by atoms with Crippen LogP contribution in [0.15, 0.2) is 45.6 Å². The van der Waals surface area contributed by atoms with Gasteiger partial charge in [-0.05, 0) is 31.2 Å². The number of oxazole rings is 1. The maximum atomic E-state index is 11.6. The molecule has 22 heavy (non-hydrogen) atoms. The standard InChI is InChI=1S/C16H11N3O3/c1-9-3-2-4-14-18-15(12(8-20)19(9)14)10-5-6-11-13(7-10)22-16(21)17-11/h2-8H,1H3,(H,17,21). The second-order valence-corrected chi connectivity index (χ2v) is 5.05. The van der Waals surface area contributed by atoms with Crippen LogP contribution in [0.25, 0.3) is 28.0 Å². The molecule has 0 atom stereocenters. The highest BCUT2D eigenvalue weighted by molar-refractivity contribution is 5.89. The highest BCUT2D eigenvalue weighted by Crippen LogP contribution is 2.26. The lowest BCUT2D eigenvalue weighted by Crippen LogP contribution is -1.96. The summed E-state index contributed by atoms with van der Waals surface area (Å²) in [5.41, 5.74) is 4.44. The fourth-order valence-electron chi connectivity index (χ4n) is 2.70. The number of pyridine rings is 1. The van der Waals surface area contributed by atoms with Crippen LogP contribution in [0.1, 0.15) is 16.2 Å². The number of imidazole rings is 1. The number of hydrogen-bond acceptors (Lipinski definition) is 4. The zero-order valence-electron chi connectivity index (χ0n) is 11.7. The van der Waals surface area contributed by atoms with Gasteiger partial charge >= 0.3 is 5.76 Å². The normalized spacial score (nSPS) is 11.3. The molecule has 1 aromatic carbocycles. The Labute approximate surface area is 124 Å². The third kappa shape index (κ3) is 1.70. The van der Waals surface area contributed by atoms with E-state index in [9.17, 15) is 9.59 Å². The molecule has 4 aromatic rings. The van der Waals surface area contributed by atoms with Crippen molar-refractivity contribution in [2.45, 2.75) is 6.92 Å². The van der Waals surface area contributed by atoms with Crippen molar-refractivity contribution in [3.8, 4) is 11.3 Å². The van der Waals surface area contributed by atoms with Crippen molar-refractivity contribution in [3.63, 3.8) is 0 Å². The van der Waals surface area contributed by atoms with E-state index < -0.39 is 5.76 Å². The Morgan fingerprint density at radius 1 is 1.27 bits per heavy atom. The summed E-state index contributed by atoms with van der Waals surface area (Å²) >= 11 is 0. The van der Waals surface area contributed by atoms with Crippen molar-refractivity contribution in [2.75, 3.05) is 0 Å². The highest BCUT2D eigenvalue weighted by Gasteiger charge is 2.15. The fraction of sp³-hybridized carbons (Fsp3) is 0.0625. The van der Waals surface area contributed by atoms with Gasteiger partial charge in [-0.15, -0.1) is 0 Å². The lowest BCUT2D eigenvalue weighted by Gasteiger charge is -2.01. The summed E-state index contributed by atoms with van der Waals surface area (Å²) < 4.78 is 6.87. The van der Waals surface area contributed by atoms with Crippen LogP contribution in [0, 0.1) is 6.92 Å². The third-order valence-electron chi connectivity index (χ3n) is 3.68. The second-order valence-electron chi connectivity index (χ2n) is 5.05. The molecule has 1 N–H and O–H groups in total. The first-order valence-corrected chi connectivity index (χ1v) is 6.74. The second kappa shape index (κ2) is 4.42. The van der Waals surface area contributed by atoms with Crippen LogP contribution in [0.5, 0.6) is 0 Å². The lowest BCUT2D eigenvalue weighted by molar-refractivity contribution is 0.111. The maximum Gasteiger partial charge on any atom is 0.417 e. The van der Waals surface area contributed by atoms with E-state index >= 15 is 0 Å². The number of aldehydes is 1. The average Bonchev–Trinajstić information content (AvgIpc) is 3.06. The largest absolute Gasteiger partial charge is 0.417 e. The minimum absolute atomic E-state index is 0.438. The summed E-state index contributed by atoms with van der Waals surface area (Å²) in [5.74, 6) is -0.506. The number of aryl methyl sites for hydroxylation is 1. The van der Waals surface area contributed by atoms with E-state index in [4.69, 9.17) is 4.42 Å². The molecule has 0 aliphatic rings. The molecule has 108 valence electrons. The van der Waals surface area contributed by atoms with Gasteiger partial charge in [-0.2, -0.15) is 0 Å². The molecule has 6 heteroatoms. The topological polar surface area (TPSA) is 80.4 Å². The van der Waals surface area contributed by atoms with Crippen molar-refractivity contribution in [2.24, 2.45) is 0 Å².